The Morgan fingerprint density at radius 3 is 2.39 bits per heavy atom. The van der Waals surface area contributed by atoms with Crippen molar-refractivity contribution < 1.29 is 23.1 Å². The van der Waals surface area contributed by atoms with E-state index in [0.717, 1.165) is 21.9 Å². The lowest BCUT2D eigenvalue weighted by Gasteiger charge is -2.11. The molecule has 0 saturated carbocycles. The van der Waals surface area contributed by atoms with Crippen molar-refractivity contribution in [1.82, 2.24) is 0 Å². The summed E-state index contributed by atoms with van der Waals surface area (Å²) >= 11 is 1.47. The van der Waals surface area contributed by atoms with Crippen LogP contribution in [-0.4, -0.2) is 18.5 Å². The summed E-state index contributed by atoms with van der Waals surface area (Å²) in [5, 5.41) is 2.67. The smallest absolute Gasteiger partial charge is 0.341 e. The quantitative estimate of drug-likeness (QED) is 0.599. The SMILES string of the molecule is O=C(COC(=O)c1ccc(F)cc1F)Nc1ccccc1Sc1ccccc1. The van der Waals surface area contributed by atoms with E-state index in [-0.39, 0.29) is 0 Å². The first-order chi connectivity index (χ1) is 13.5. The number of amides is 1. The molecule has 1 amide bonds. The molecular formula is C21H15F2NO3S. The zero-order valence-corrected chi connectivity index (χ0v) is 15.3. The lowest BCUT2D eigenvalue weighted by atomic mass is 10.2. The van der Waals surface area contributed by atoms with Gasteiger partial charge in [-0.2, -0.15) is 0 Å². The Hall–Kier alpha value is -3.19. The largest absolute Gasteiger partial charge is 0.452 e. The third-order valence-electron chi connectivity index (χ3n) is 3.62. The first-order valence-corrected chi connectivity index (χ1v) is 9.08. The molecule has 0 aliphatic rings. The van der Waals surface area contributed by atoms with Crippen molar-refractivity contribution in [2.24, 2.45) is 0 Å². The third-order valence-corrected chi connectivity index (χ3v) is 4.70. The highest BCUT2D eigenvalue weighted by Crippen LogP contribution is 2.33. The minimum absolute atomic E-state index is 0.436. The monoisotopic (exact) mass is 399 g/mol. The van der Waals surface area contributed by atoms with Crippen LogP contribution < -0.4 is 5.32 Å². The highest BCUT2D eigenvalue weighted by molar-refractivity contribution is 7.99. The lowest BCUT2D eigenvalue weighted by Crippen LogP contribution is -2.21. The van der Waals surface area contributed by atoms with E-state index in [4.69, 9.17) is 4.74 Å². The molecule has 0 radical (unpaired) electrons. The Kier molecular flexibility index (Phi) is 6.39. The number of esters is 1. The highest BCUT2D eigenvalue weighted by atomic mass is 32.2. The molecule has 0 aromatic heterocycles. The van der Waals surface area contributed by atoms with Gasteiger partial charge in [-0.1, -0.05) is 42.1 Å². The third kappa shape index (κ3) is 5.17. The summed E-state index contributed by atoms with van der Waals surface area (Å²) in [5.74, 6) is -3.47. The molecule has 0 spiro atoms. The van der Waals surface area contributed by atoms with Crippen LogP contribution in [0.3, 0.4) is 0 Å². The van der Waals surface area contributed by atoms with Gasteiger partial charge < -0.3 is 10.1 Å². The van der Waals surface area contributed by atoms with Gasteiger partial charge in [-0.25, -0.2) is 13.6 Å². The Balaban J connectivity index is 1.61. The summed E-state index contributed by atoms with van der Waals surface area (Å²) in [5.41, 5.74) is 0.125. The molecule has 0 fully saturated rings. The van der Waals surface area contributed by atoms with Crippen molar-refractivity contribution in [2.75, 3.05) is 11.9 Å². The van der Waals surface area contributed by atoms with Gasteiger partial charge in [-0.15, -0.1) is 0 Å². The molecule has 28 heavy (non-hydrogen) atoms. The van der Waals surface area contributed by atoms with Crippen LogP contribution in [0.5, 0.6) is 0 Å². The summed E-state index contributed by atoms with van der Waals surface area (Å²) in [6.07, 6.45) is 0. The molecule has 7 heteroatoms. The molecular weight excluding hydrogens is 384 g/mol. The predicted octanol–water partition coefficient (Wildman–Crippen LogP) is 4.91. The highest BCUT2D eigenvalue weighted by Gasteiger charge is 2.16. The van der Waals surface area contributed by atoms with Crippen LogP contribution >= 0.6 is 11.8 Å². The van der Waals surface area contributed by atoms with E-state index >= 15 is 0 Å². The summed E-state index contributed by atoms with van der Waals surface area (Å²) in [7, 11) is 0. The number of anilines is 1. The van der Waals surface area contributed by atoms with E-state index in [1.807, 2.05) is 42.5 Å². The van der Waals surface area contributed by atoms with Crippen LogP contribution in [0.1, 0.15) is 10.4 Å². The molecule has 0 atom stereocenters. The van der Waals surface area contributed by atoms with Gasteiger partial charge in [0.2, 0.25) is 0 Å². The van der Waals surface area contributed by atoms with Crippen molar-refractivity contribution in [1.29, 1.82) is 0 Å². The van der Waals surface area contributed by atoms with E-state index in [1.54, 1.807) is 12.1 Å². The van der Waals surface area contributed by atoms with Crippen LogP contribution in [0.25, 0.3) is 0 Å². The number of para-hydroxylation sites is 1. The second kappa shape index (κ2) is 9.14. The second-order valence-corrected chi connectivity index (χ2v) is 6.78. The molecule has 0 heterocycles. The van der Waals surface area contributed by atoms with Crippen molar-refractivity contribution >= 4 is 29.3 Å². The predicted molar refractivity (Wildman–Crippen MR) is 102 cm³/mol. The van der Waals surface area contributed by atoms with Crippen molar-refractivity contribution in [2.45, 2.75) is 9.79 Å². The van der Waals surface area contributed by atoms with E-state index in [0.29, 0.717) is 11.8 Å². The zero-order valence-electron chi connectivity index (χ0n) is 14.5. The number of hydrogen-bond acceptors (Lipinski definition) is 4. The minimum atomic E-state index is -1.05. The fourth-order valence-corrected chi connectivity index (χ4v) is 3.25. The number of halogens is 2. The van der Waals surface area contributed by atoms with Crippen LogP contribution in [0, 0.1) is 11.6 Å². The molecule has 1 N–H and O–H groups in total. The molecule has 0 aliphatic heterocycles. The Morgan fingerprint density at radius 2 is 1.64 bits per heavy atom. The fraction of sp³-hybridized carbons (Fsp3) is 0.0476. The summed E-state index contributed by atoms with van der Waals surface area (Å²) < 4.78 is 31.3. The maximum atomic E-state index is 13.6. The van der Waals surface area contributed by atoms with Gasteiger partial charge in [0.1, 0.15) is 11.6 Å². The van der Waals surface area contributed by atoms with Gasteiger partial charge in [0.05, 0.1) is 11.3 Å². The molecule has 0 saturated heterocycles. The number of carbonyl (C=O) groups is 2. The fourth-order valence-electron chi connectivity index (χ4n) is 2.32. The van der Waals surface area contributed by atoms with Crippen LogP contribution in [0.15, 0.2) is 82.6 Å². The number of carbonyl (C=O) groups excluding carboxylic acids is 2. The number of ether oxygens (including phenoxy) is 1. The normalized spacial score (nSPS) is 10.4. The van der Waals surface area contributed by atoms with Gasteiger partial charge in [-0.05, 0) is 36.4 Å². The topological polar surface area (TPSA) is 55.4 Å². The van der Waals surface area contributed by atoms with Crippen molar-refractivity contribution in [3.8, 4) is 0 Å². The Bertz CT molecular complexity index is 996. The Morgan fingerprint density at radius 1 is 0.929 bits per heavy atom. The van der Waals surface area contributed by atoms with E-state index < -0.39 is 35.7 Å². The number of benzene rings is 3. The minimum Gasteiger partial charge on any atom is -0.452 e. The maximum Gasteiger partial charge on any atom is 0.341 e. The van der Waals surface area contributed by atoms with Crippen molar-refractivity contribution in [3.63, 3.8) is 0 Å². The van der Waals surface area contributed by atoms with Crippen LogP contribution in [-0.2, 0) is 9.53 Å². The Labute approximate surface area is 164 Å². The van der Waals surface area contributed by atoms with Gasteiger partial charge >= 0.3 is 5.97 Å². The number of nitrogens with one attached hydrogen (secondary N) is 1. The molecule has 0 unspecified atom stereocenters. The van der Waals surface area contributed by atoms with Gasteiger partial charge in [0.15, 0.2) is 6.61 Å². The first kappa shape index (κ1) is 19.6. The molecule has 0 bridgehead atoms. The maximum absolute atomic E-state index is 13.6. The molecule has 3 aromatic rings. The van der Waals surface area contributed by atoms with Crippen LogP contribution in [0.4, 0.5) is 14.5 Å². The number of hydrogen-bond donors (Lipinski definition) is 1. The molecule has 0 aliphatic carbocycles. The van der Waals surface area contributed by atoms with Gasteiger partial charge in [-0.3, -0.25) is 4.79 Å². The van der Waals surface area contributed by atoms with E-state index in [2.05, 4.69) is 5.32 Å². The molecule has 4 nitrogen and oxygen atoms in total. The van der Waals surface area contributed by atoms with E-state index in [1.165, 1.54) is 11.8 Å². The van der Waals surface area contributed by atoms with Crippen LogP contribution in [0.2, 0.25) is 0 Å². The summed E-state index contributed by atoms with van der Waals surface area (Å²) in [4.78, 5) is 25.8. The van der Waals surface area contributed by atoms with E-state index in [9.17, 15) is 18.4 Å². The summed E-state index contributed by atoms with van der Waals surface area (Å²) in [6.45, 7) is -0.597. The standard InChI is InChI=1S/C21H15F2NO3S/c22-14-10-11-16(17(23)12-14)21(26)27-13-20(25)24-18-8-4-5-9-19(18)28-15-6-2-1-3-7-15/h1-12H,13H2,(H,24,25). The van der Waals surface area contributed by atoms with Gasteiger partial charge in [0, 0.05) is 15.9 Å². The first-order valence-electron chi connectivity index (χ1n) is 8.27. The van der Waals surface area contributed by atoms with Gasteiger partial charge in [0.25, 0.3) is 5.91 Å². The van der Waals surface area contributed by atoms with Crippen molar-refractivity contribution in [3.05, 3.63) is 90.0 Å². The zero-order chi connectivity index (χ0) is 19.9. The summed E-state index contributed by atoms with van der Waals surface area (Å²) in [6, 6.07) is 19.3. The molecule has 3 rings (SSSR count). The second-order valence-electron chi connectivity index (χ2n) is 5.66. The molecule has 3 aromatic carbocycles. The molecule has 142 valence electrons. The average molecular weight is 399 g/mol. The average Bonchev–Trinajstić information content (AvgIpc) is 2.68. The number of rotatable bonds is 6. The lowest BCUT2D eigenvalue weighted by molar-refractivity contribution is -0.119.